The van der Waals surface area contributed by atoms with E-state index in [1.807, 2.05) is 49.1 Å². The minimum Gasteiger partial charge on any atom is -0.453 e. The summed E-state index contributed by atoms with van der Waals surface area (Å²) in [5.74, 6) is 0.963. The maximum atomic E-state index is 12.8. The SMILES string of the molecule is CCN(CC)C(=O)c1ccc([C@@H](c2cccc(NC(=O)OC)c2)N2CCN(CC3CC3)CC2)cc1. The summed E-state index contributed by atoms with van der Waals surface area (Å²) in [5.41, 5.74) is 3.68. The molecule has 1 saturated heterocycles. The number of ether oxygens (including phenoxy) is 1. The van der Waals surface area contributed by atoms with Gasteiger partial charge in [-0.3, -0.25) is 15.0 Å². The van der Waals surface area contributed by atoms with Crippen molar-refractivity contribution in [2.45, 2.75) is 32.7 Å². The fraction of sp³-hybridized carbons (Fsp3) is 0.500. The van der Waals surface area contributed by atoms with Crippen molar-refractivity contribution in [2.24, 2.45) is 5.92 Å². The third-order valence-electron chi connectivity index (χ3n) is 7.14. The minimum absolute atomic E-state index is 0.0371. The predicted molar refractivity (Wildman–Crippen MR) is 139 cm³/mol. The summed E-state index contributed by atoms with van der Waals surface area (Å²) in [5, 5.41) is 2.79. The maximum Gasteiger partial charge on any atom is 0.411 e. The van der Waals surface area contributed by atoms with Crippen molar-refractivity contribution in [2.75, 3.05) is 58.2 Å². The molecule has 7 nitrogen and oxygen atoms in total. The standard InChI is InChI=1S/C28H38N4O3/c1-4-31(5-2)27(33)23-13-11-22(12-14-23)26(24-7-6-8-25(19-24)29-28(34)35-3)32-17-15-30(16-18-32)20-21-9-10-21/h6-8,11-14,19,21,26H,4-5,9-10,15-18,20H2,1-3H3,(H,29,34)/t26-/m0/s1. The second-order valence-corrected chi connectivity index (χ2v) is 9.52. The molecule has 7 heteroatoms. The third kappa shape index (κ3) is 6.41. The van der Waals surface area contributed by atoms with E-state index in [0.29, 0.717) is 24.3 Å². The number of carbonyl (C=O) groups is 2. The van der Waals surface area contributed by atoms with E-state index in [2.05, 4.69) is 33.3 Å². The van der Waals surface area contributed by atoms with Gasteiger partial charge in [-0.1, -0.05) is 24.3 Å². The highest BCUT2D eigenvalue weighted by Gasteiger charge is 2.30. The first-order chi connectivity index (χ1) is 17.0. The molecule has 1 aliphatic heterocycles. The van der Waals surface area contributed by atoms with E-state index in [1.165, 1.54) is 26.5 Å². The van der Waals surface area contributed by atoms with Crippen molar-refractivity contribution >= 4 is 17.7 Å². The third-order valence-corrected chi connectivity index (χ3v) is 7.14. The molecule has 0 spiro atoms. The van der Waals surface area contributed by atoms with Gasteiger partial charge in [0.1, 0.15) is 0 Å². The Kier molecular flexibility index (Phi) is 8.42. The second kappa shape index (κ2) is 11.7. The Morgan fingerprint density at radius 2 is 1.69 bits per heavy atom. The average molecular weight is 479 g/mol. The number of benzene rings is 2. The van der Waals surface area contributed by atoms with Crippen molar-refractivity contribution in [1.29, 1.82) is 0 Å². The highest BCUT2D eigenvalue weighted by Crippen LogP contribution is 2.33. The smallest absolute Gasteiger partial charge is 0.411 e. The average Bonchev–Trinajstić information content (AvgIpc) is 3.70. The Balaban J connectivity index is 1.59. The molecule has 0 radical (unpaired) electrons. The number of hydrogen-bond donors (Lipinski definition) is 1. The molecule has 1 heterocycles. The Hall–Kier alpha value is -2.90. The summed E-state index contributed by atoms with van der Waals surface area (Å²) in [6, 6.07) is 16.1. The van der Waals surface area contributed by atoms with Gasteiger partial charge in [-0.15, -0.1) is 0 Å². The molecule has 2 aromatic carbocycles. The van der Waals surface area contributed by atoms with Gasteiger partial charge in [-0.05, 0) is 68.0 Å². The normalized spacial score (nSPS) is 17.6. The van der Waals surface area contributed by atoms with Crippen molar-refractivity contribution in [3.8, 4) is 0 Å². The zero-order chi connectivity index (χ0) is 24.8. The molecule has 1 N–H and O–H groups in total. The Bertz CT molecular complexity index is 994. The van der Waals surface area contributed by atoms with Crippen LogP contribution in [0.1, 0.15) is 54.2 Å². The van der Waals surface area contributed by atoms with Crippen LogP contribution < -0.4 is 5.32 Å². The lowest BCUT2D eigenvalue weighted by Gasteiger charge is -2.40. The zero-order valence-corrected chi connectivity index (χ0v) is 21.2. The molecule has 2 fully saturated rings. The molecule has 188 valence electrons. The van der Waals surface area contributed by atoms with Gasteiger partial charge < -0.3 is 14.5 Å². The second-order valence-electron chi connectivity index (χ2n) is 9.52. The maximum absolute atomic E-state index is 12.8. The van der Waals surface area contributed by atoms with Gasteiger partial charge in [0, 0.05) is 57.1 Å². The first kappa shape index (κ1) is 25.2. The number of hydrogen-bond acceptors (Lipinski definition) is 5. The number of nitrogens with one attached hydrogen (secondary N) is 1. The number of piperazine rings is 1. The van der Waals surface area contributed by atoms with Crippen molar-refractivity contribution in [3.05, 3.63) is 65.2 Å². The monoisotopic (exact) mass is 478 g/mol. The molecule has 1 aliphatic carbocycles. The summed E-state index contributed by atoms with van der Waals surface area (Å²) < 4.78 is 4.78. The molecule has 2 amide bonds. The van der Waals surface area contributed by atoms with Crippen LogP contribution in [0.5, 0.6) is 0 Å². The first-order valence-electron chi connectivity index (χ1n) is 12.8. The van der Waals surface area contributed by atoms with E-state index in [4.69, 9.17) is 4.74 Å². The first-order valence-corrected chi connectivity index (χ1v) is 12.8. The van der Waals surface area contributed by atoms with Crippen LogP contribution in [0.2, 0.25) is 0 Å². The lowest BCUT2D eigenvalue weighted by atomic mass is 9.94. The van der Waals surface area contributed by atoms with Crippen LogP contribution in [-0.2, 0) is 4.74 Å². The number of carbonyl (C=O) groups excluding carboxylic acids is 2. The van der Waals surface area contributed by atoms with Gasteiger partial charge >= 0.3 is 6.09 Å². The number of nitrogens with zero attached hydrogens (tertiary/aromatic N) is 3. The minimum atomic E-state index is -0.480. The molecule has 2 aliphatic rings. The Morgan fingerprint density at radius 1 is 1.00 bits per heavy atom. The lowest BCUT2D eigenvalue weighted by molar-refractivity contribution is 0.0773. The van der Waals surface area contributed by atoms with Crippen LogP contribution in [0.3, 0.4) is 0 Å². The number of amides is 2. The molecule has 4 rings (SSSR count). The molecule has 1 saturated carbocycles. The summed E-state index contributed by atoms with van der Waals surface area (Å²) in [4.78, 5) is 31.6. The van der Waals surface area contributed by atoms with Crippen molar-refractivity contribution < 1.29 is 14.3 Å². The van der Waals surface area contributed by atoms with Crippen LogP contribution in [0.15, 0.2) is 48.5 Å². The topological polar surface area (TPSA) is 65.1 Å². The number of rotatable bonds is 9. The summed E-state index contributed by atoms with van der Waals surface area (Å²) in [7, 11) is 1.37. The van der Waals surface area contributed by atoms with Gasteiger partial charge in [-0.2, -0.15) is 0 Å². The van der Waals surface area contributed by atoms with E-state index >= 15 is 0 Å². The molecule has 0 bridgehead atoms. The molecule has 0 unspecified atom stereocenters. The molecular weight excluding hydrogens is 440 g/mol. The summed E-state index contributed by atoms with van der Waals surface area (Å²) >= 11 is 0. The van der Waals surface area contributed by atoms with E-state index in [1.54, 1.807) is 0 Å². The van der Waals surface area contributed by atoms with E-state index in [0.717, 1.165) is 43.2 Å². The molecule has 35 heavy (non-hydrogen) atoms. The predicted octanol–water partition coefficient (Wildman–Crippen LogP) is 4.46. The van der Waals surface area contributed by atoms with Gasteiger partial charge in [0.15, 0.2) is 0 Å². The molecule has 2 aromatic rings. The van der Waals surface area contributed by atoms with Crippen LogP contribution in [-0.4, -0.2) is 79.6 Å². The highest BCUT2D eigenvalue weighted by atomic mass is 16.5. The fourth-order valence-electron chi connectivity index (χ4n) is 4.94. The zero-order valence-electron chi connectivity index (χ0n) is 21.2. The number of anilines is 1. The number of methoxy groups -OCH3 is 1. The Morgan fingerprint density at radius 3 is 2.29 bits per heavy atom. The Labute approximate surface area is 209 Å². The lowest BCUT2D eigenvalue weighted by Crippen LogP contribution is -2.48. The van der Waals surface area contributed by atoms with Gasteiger partial charge in [-0.25, -0.2) is 4.79 Å². The molecule has 1 atom stereocenters. The highest BCUT2D eigenvalue weighted by molar-refractivity contribution is 5.94. The van der Waals surface area contributed by atoms with Crippen LogP contribution in [0.25, 0.3) is 0 Å². The van der Waals surface area contributed by atoms with Crippen LogP contribution in [0, 0.1) is 5.92 Å². The van der Waals surface area contributed by atoms with Gasteiger partial charge in [0.2, 0.25) is 0 Å². The molecular formula is C28H38N4O3. The van der Waals surface area contributed by atoms with Gasteiger partial charge in [0.25, 0.3) is 5.91 Å². The van der Waals surface area contributed by atoms with E-state index < -0.39 is 6.09 Å². The van der Waals surface area contributed by atoms with Crippen molar-refractivity contribution in [3.63, 3.8) is 0 Å². The summed E-state index contributed by atoms with van der Waals surface area (Å²) in [6.45, 7) is 10.7. The van der Waals surface area contributed by atoms with E-state index in [-0.39, 0.29) is 11.9 Å². The van der Waals surface area contributed by atoms with Crippen molar-refractivity contribution in [1.82, 2.24) is 14.7 Å². The van der Waals surface area contributed by atoms with Crippen LogP contribution >= 0.6 is 0 Å². The quantitative estimate of drug-likeness (QED) is 0.576. The molecule has 0 aromatic heterocycles. The summed E-state index contributed by atoms with van der Waals surface area (Å²) in [6.07, 6.45) is 2.27. The van der Waals surface area contributed by atoms with Crippen LogP contribution in [0.4, 0.5) is 10.5 Å². The largest absolute Gasteiger partial charge is 0.453 e. The van der Waals surface area contributed by atoms with E-state index in [9.17, 15) is 9.59 Å². The fourth-order valence-corrected chi connectivity index (χ4v) is 4.94. The van der Waals surface area contributed by atoms with Gasteiger partial charge in [0.05, 0.1) is 13.2 Å².